The zero-order chi connectivity index (χ0) is 18.5. The number of hydrogen-bond donors (Lipinski definition) is 1. The number of rotatable bonds is 5. The maximum Gasteiger partial charge on any atom is 0.338 e. The van der Waals surface area contributed by atoms with Gasteiger partial charge in [0.05, 0.1) is 21.2 Å². The standard InChI is InChI=1S/C18H17ClN2O4S/c19-13-6-5-12(10-14(13)20-17(23)15-4-3-9-26-15)18(24)25-11-16(22)21-7-1-2-8-21/h3-6,9-10H,1-2,7-8,11H2,(H,20,23). The molecule has 26 heavy (non-hydrogen) atoms. The van der Waals surface area contributed by atoms with E-state index in [1.165, 1.54) is 29.5 Å². The smallest absolute Gasteiger partial charge is 0.338 e. The second-order valence-corrected chi connectivity index (χ2v) is 7.14. The van der Waals surface area contributed by atoms with Crippen molar-refractivity contribution in [3.8, 4) is 0 Å². The lowest BCUT2D eigenvalue weighted by atomic mass is 10.2. The summed E-state index contributed by atoms with van der Waals surface area (Å²) in [6.07, 6.45) is 1.95. The SMILES string of the molecule is O=C(OCC(=O)N1CCCC1)c1ccc(Cl)c(NC(=O)c2cccs2)c1. The lowest BCUT2D eigenvalue weighted by Crippen LogP contribution is -2.32. The van der Waals surface area contributed by atoms with Crippen LogP contribution in [0.1, 0.15) is 32.9 Å². The van der Waals surface area contributed by atoms with Crippen LogP contribution in [0, 0.1) is 0 Å². The summed E-state index contributed by atoms with van der Waals surface area (Å²) in [6.45, 7) is 1.12. The molecular weight excluding hydrogens is 376 g/mol. The Bertz CT molecular complexity index is 817. The molecule has 136 valence electrons. The number of carbonyl (C=O) groups is 3. The Balaban J connectivity index is 1.63. The van der Waals surface area contributed by atoms with Gasteiger partial charge in [0, 0.05) is 13.1 Å². The molecule has 1 aliphatic heterocycles. The van der Waals surface area contributed by atoms with Crippen molar-refractivity contribution in [2.75, 3.05) is 25.0 Å². The molecule has 1 aromatic heterocycles. The van der Waals surface area contributed by atoms with Crippen LogP contribution in [0.3, 0.4) is 0 Å². The Labute approximate surface area is 159 Å². The molecule has 1 saturated heterocycles. The van der Waals surface area contributed by atoms with Crippen LogP contribution in [0.2, 0.25) is 5.02 Å². The van der Waals surface area contributed by atoms with Gasteiger partial charge in [0.1, 0.15) is 0 Å². The molecule has 1 aliphatic rings. The van der Waals surface area contributed by atoms with Gasteiger partial charge in [-0.15, -0.1) is 11.3 Å². The predicted molar refractivity (Wildman–Crippen MR) is 99.8 cm³/mol. The van der Waals surface area contributed by atoms with Crippen LogP contribution in [-0.4, -0.2) is 42.4 Å². The number of halogens is 1. The van der Waals surface area contributed by atoms with Crippen molar-refractivity contribution in [1.29, 1.82) is 0 Å². The van der Waals surface area contributed by atoms with E-state index in [4.69, 9.17) is 16.3 Å². The van der Waals surface area contributed by atoms with Crippen molar-refractivity contribution >= 4 is 46.4 Å². The Morgan fingerprint density at radius 3 is 2.65 bits per heavy atom. The van der Waals surface area contributed by atoms with Crippen LogP contribution in [0.5, 0.6) is 0 Å². The topological polar surface area (TPSA) is 75.7 Å². The second kappa shape index (κ2) is 8.33. The molecule has 0 unspecified atom stereocenters. The minimum Gasteiger partial charge on any atom is -0.452 e. The molecule has 0 bridgehead atoms. The molecule has 0 radical (unpaired) electrons. The summed E-state index contributed by atoms with van der Waals surface area (Å²) in [7, 11) is 0. The van der Waals surface area contributed by atoms with Crippen LogP contribution in [0.25, 0.3) is 0 Å². The molecule has 1 N–H and O–H groups in total. The van der Waals surface area contributed by atoms with Gasteiger partial charge in [-0.2, -0.15) is 0 Å². The molecule has 1 fully saturated rings. The van der Waals surface area contributed by atoms with E-state index in [0.717, 1.165) is 12.8 Å². The number of thiophene rings is 1. The van der Waals surface area contributed by atoms with Gasteiger partial charge in [-0.3, -0.25) is 9.59 Å². The van der Waals surface area contributed by atoms with E-state index in [-0.39, 0.29) is 24.0 Å². The third kappa shape index (κ3) is 4.42. The quantitative estimate of drug-likeness (QED) is 0.791. The van der Waals surface area contributed by atoms with E-state index in [1.54, 1.807) is 22.4 Å². The summed E-state index contributed by atoms with van der Waals surface area (Å²) in [5.74, 6) is -1.14. The average molecular weight is 393 g/mol. The van der Waals surface area contributed by atoms with E-state index in [1.807, 2.05) is 0 Å². The highest BCUT2D eigenvalue weighted by Crippen LogP contribution is 2.25. The fraction of sp³-hybridized carbons (Fsp3) is 0.278. The van der Waals surface area contributed by atoms with Crippen molar-refractivity contribution < 1.29 is 19.1 Å². The molecule has 6 nitrogen and oxygen atoms in total. The summed E-state index contributed by atoms with van der Waals surface area (Å²) >= 11 is 7.40. The number of likely N-dealkylation sites (tertiary alicyclic amines) is 1. The molecule has 2 aromatic rings. The number of anilines is 1. The minimum atomic E-state index is -0.638. The molecule has 0 atom stereocenters. The van der Waals surface area contributed by atoms with Gasteiger partial charge < -0.3 is 15.0 Å². The summed E-state index contributed by atoms with van der Waals surface area (Å²) in [6, 6.07) is 7.90. The van der Waals surface area contributed by atoms with Crippen molar-refractivity contribution in [1.82, 2.24) is 4.90 Å². The summed E-state index contributed by atoms with van der Waals surface area (Å²) in [5, 5.41) is 4.77. The Morgan fingerprint density at radius 1 is 1.19 bits per heavy atom. The van der Waals surface area contributed by atoms with Gasteiger partial charge in [-0.25, -0.2) is 4.79 Å². The van der Waals surface area contributed by atoms with Gasteiger partial charge in [0.25, 0.3) is 11.8 Å². The van der Waals surface area contributed by atoms with E-state index in [2.05, 4.69) is 5.32 Å². The third-order valence-electron chi connectivity index (χ3n) is 3.98. The monoisotopic (exact) mass is 392 g/mol. The Morgan fingerprint density at radius 2 is 1.96 bits per heavy atom. The van der Waals surface area contributed by atoms with Gasteiger partial charge in [0.2, 0.25) is 0 Å². The molecule has 0 spiro atoms. The van der Waals surface area contributed by atoms with Gasteiger partial charge in [0.15, 0.2) is 6.61 Å². The van der Waals surface area contributed by atoms with E-state index in [9.17, 15) is 14.4 Å². The first-order valence-electron chi connectivity index (χ1n) is 8.14. The van der Waals surface area contributed by atoms with Crippen LogP contribution in [-0.2, 0) is 9.53 Å². The largest absolute Gasteiger partial charge is 0.452 e. The molecule has 8 heteroatoms. The first kappa shape index (κ1) is 18.4. The van der Waals surface area contributed by atoms with E-state index in [0.29, 0.717) is 28.7 Å². The highest BCUT2D eigenvalue weighted by Gasteiger charge is 2.20. The summed E-state index contributed by atoms with van der Waals surface area (Å²) in [5.41, 5.74) is 0.524. The van der Waals surface area contributed by atoms with Gasteiger partial charge in [-0.05, 0) is 42.5 Å². The fourth-order valence-corrected chi connectivity index (χ4v) is 3.39. The van der Waals surface area contributed by atoms with E-state index < -0.39 is 5.97 Å². The number of amides is 2. The lowest BCUT2D eigenvalue weighted by Gasteiger charge is -2.15. The molecule has 2 amide bonds. The minimum absolute atomic E-state index is 0.198. The highest BCUT2D eigenvalue weighted by atomic mass is 35.5. The summed E-state index contributed by atoms with van der Waals surface area (Å²) < 4.78 is 5.09. The van der Waals surface area contributed by atoms with Crippen LogP contribution in [0.15, 0.2) is 35.7 Å². The Kier molecular flexibility index (Phi) is 5.90. The maximum absolute atomic E-state index is 12.2. The second-order valence-electron chi connectivity index (χ2n) is 5.79. The van der Waals surface area contributed by atoms with Crippen LogP contribution in [0.4, 0.5) is 5.69 Å². The normalized spacial score (nSPS) is 13.5. The van der Waals surface area contributed by atoms with Crippen molar-refractivity contribution in [3.63, 3.8) is 0 Å². The molecule has 0 saturated carbocycles. The lowest BCUT2D eigenvalue weighted by molar-refractivity contribution is -0.133. The van der Waals surface area contributed by atoms with Crippen LogP contribution < -0.4 is 5.32 Å². The molecule has 3 rings (SSSR count). The number of benzene rings is 1. The summed E-state index contributed by atoms with van der Waals surface area (Å²) in [4.78, 5) is 38.5. The number of carbonyl (C=O) groups excluding carboxylic acids is 3. The molecule has 1 aromatic carbocycles. The van der Waals surface area contributed by atoms with Gasteiger partial charge >= 0.3 is 5.97 Å². The molecular formula is C18H17ClN2O4S. The third-order valence-corrected chi connectivity index (χ3v) is 5.18. The van der Waals surface area contributed by atoms with E-state index >= 15 is 0 Å². The Hall–Kier alpha value is -2.38. The maximum atomic E-state index is 12.2. The number of nitrogens with zero attached hydrogens (tertiary/aromatic N) is 1. The number of esters is 1. The highest BCUT2D eigenvalue weighted by molar-refractivity contribution is 7.12. The number of hydrogen-bond acceptors (Lipinski definition) is 5. The van der Waals surface area contributed by atoms with Crippen molar-refractivity contribution in [2.24, 2.45) is 0 Å². The van der Waals surface area contributed by atoms with Crippen molar-refractivity contribution in [2.45, 2.75) is 12.8 Å². The van der Waals surface area contributed by atoms with Crippen LogP contribution >= 0.6 is 22.9 Å². The van der Waals surface area contributed by atoms with Gasteiger partial charge in [-0.1, -0.05) is 17.7 Å². The first-order chi connectivity index (χ1) is 12.5. The molecule has 0 aliphatic carbocycles. The number of nitrogens with one attached hydrogen (secondary N) is 1. The number of ether oxygens (including phenoxy) is 1. The zero-order valence-electron chi connectivity index (χ0n) is 13.9. The van der Waals surface area contributed by atoms with Crippen molar-refractivity contribution in [3.05, 3.63) is 51.2 Å². The predicted octanol–water partition coefficient (Wildman–Crippen LogP) is 3.43. The molecule has 2 heterocycles. The average Bonchev–Trinajstić information content (AvgIpc) is 3.34. The first-order valence-corrected chi connectivity index (χ1v) is 9.39. The fourth-order valence-electron chi connectivity index (χ4n) is 2.61. The zero-order valence-corrected chi connectivity index (χ0v) is 15.4.